The zero-order chi connectivity index (χ0) is 18.4. The molecule has 2 aromatic rings. The van der Waals surface area contributed by atoms with E-state index in [2.05, 4.69) is 27.3 Å². The minimum atomic E-state index is -0.0302. The number of rotatable bonds is 5. The first kappa shape index (κ1) is 18.2. The van der Waals surface area contributed by atoms with Crippen LogP contribution >= 0.6 is 11.6 Å². The van der Waals surface area contributed by atoms with Gasteiger partial charge in [-0.1, -0.05) is 23.7 Å². The molecule has 0 bridgehead atoms. The number of benzene rings is 2. The lowest BCUT2D eigenvalue weighted by molar-refractivity contribution is -0.116. The van der Waals surface area contributed by atoms with E-state index in [4.69, 9.17) is 16.9 Å². The summed E-state index contributed by atoms with van der Waals surface area (Å²) < 4.78 is 0. The molecule has 5 nitrogen and oxygen atoms in total. The monoisotopic (exact) mass is 368 g/mol. The zero-order valence-corrected chi connectivity index (χ0v) is 15.2. The molecule has 134 valence electrons. The summed E-state index contributed by atoms with van der Waals surface area (Å²) in [5.41, 5.74) is 2.35. The Hall–Kier alpha value is -2.55. The number of hydrogen-bond donors (Lipinski definition) is 1. The van der Waals surface area contributed by atoms with Crippen LogP contribution in [0.1, 0.15) is 12.0 Å². The highest BCUT2D eigenvalue weighted by Gasteiger charge is 2.18. The molecule has 0 saturated carbocycles. The maximum Gasteiger partial charge on any atom is 0.225 e. The molecule has 1 N–H and O–H groups in total. The van der Waals surface area contributed by atoms with Gasteiger partial charge in [-0.05, 0) is 36.4 Å². The smallest absolute Gasteiger partial charge is 0.225 e. The van der Waals surface area contributed by atoms with Gasteiger partial charge in [0.05, 0.1) is 11.6 Å². The van der Waals surface area contributed by atoms with E-state index in [1.54, 1.807) is 24.3 Å². The van der Waals surface area contributed by atoms with E-state index in [1.807, 2.05) is 18.2 Å². The fraction of sp³-hybridized carbons (Fsp3) is 0.300. The lowest BCUT2D eigenvalue weighted by Gasteiger charge is -2.36. The summed E-state index contributed by atoms with van der Waals surface area (Å²) in [6.07, 6.45) is 0.438. The molecule has 0 spiro atoms. The molecule has 0 aromatic heterocycles. The van der Waals surface area contributed by atoms with Crippen molar-refractivity contribution in [3.8, 4) is 6.07 Å². The van der Waals surface area contributed by atoms with Gasteiger partial charge in [0.1, 0.15) is 0 Å². The van der Waals surface area contributed by atoms with Crippen LogP contribution in [-0.4, -0.2) is 43.5 Å². The highest BCUT2D eigenvalue weighted by atomic mass is 35.5. The van der Waals surface area contributed by atoms with E-state index in [-0.39, 0.29) is 5.91 Å². The number of hydrogen-bond acceptors (Lipinski definition) is 4. The maximum absolute atomic E-state index is 12.1. The summed E-state index contributed by atoms with van der Waals surface area (Å²) in [6.45, 7) is 4.42. The molecular formula is C20H21ClN4O. The van der Waals surface area contributed by atoms with E-state index >= 15 is 0 Å². The predicted molar refractivity (Wildman–Crippen MR) is 105 cm³/mol. The van der Waals surface area contributed by atoms with Crippen LogP contribution in [-0.2, 0) is 4.79 Å². The highest BCUT2D eigenvalue weighted by molar-refractivity contribution is 6.30. The van der Waals surface area contributed by atoms with E-state index in [0.717, 1.165) is 43.4 Å². The second kappa shape index (κ2) is 8.70. The Morgan fingerprint density at radius 1 is 1.12 bits per heavy atom. The SMILES string of the molecule is N#Cc1cccc(NC(=O)CCN2CCN(c3cccc(Cl)c3)CC2)c1. The molecule has 1 amide bonds. The number of amides is 1. The third kappa shape index (κ3) is 4.98. The summed E-state index contributed by atoms with van der Waals surface area (Å²) in [5, 5.41) is 12.5. The topological polar surface area (TPSA) is 59.4 Å². The van der Waals surface area contributed by atoms with Gasteiger partial charge in [-0.3, -0.25) is 9.69 Å². The van der Waals surface area contributed by atoms with Gasteiger partial charge in [-0.2, -0.15) is 5.26 Å². The van der Waals surface area contributed by atoms with Crippen molar-refractivity contribution in [2.24, 2.45) is 0 Å². The summed E-state index contributed by atoms with van der Waals surface area (Å²) >= 11 is 6.06. The summed E-state index contributed by atoms with van der Waals surface area (Å²) in [7, 11) is 0. The van der Waals surface area contributed by atoms with Crippen LogP contribution in [0.15, 0.2) is 48.5 Å². The number of carbonyl (C=O) groups excluding carboxylic acids is 1. The van der Waals surface area contributed by atoms with Crippen LogP contribution in [0.2, 0.25) is 5.02 Å². The molecule has 1 saturated heterocycles. The third-order valence-corrected chi connectivity index (χ3v) is 4.71. The Kier molecular flexibility index (Phi) is 6.11. The Bertz CT molecular complexity index is 809. The van der Waals surface area contributed by atoms with Crippen molar-refractivity contribution in [1.82, 2.24) is 4.90 Å². The molecule has 2 aromatic carbocycles. The predicted octanol–water partition coefficient (Wildman–Crippen LogP) is 3.36. The molecule has 6 heteroatoms. The average molecular weight is 369 g/mol. The molecule has 1 aliphatic rings. The standard InChI is InChI=1S/C20H21ClN4O/c21-17-4-2-6-19(14-17)25-11-9-24(10-12-25)8-7-20(26)23-18-5-1-3-16(13-18)15-22/h1-6,13-14H,7-12H2,(H,23,26). The van der Waals surface area contributed by atoms with Gasteiger partial charge in [-0.15, -0.1) is 0 Å². The summed E-state index contributed by atoms with van der Waals surface area (Å²) in [6, 6.07) is 16.9. The second-order valence-corrected chi connectivity index (χ2v) is 6.74. The molecule has 1 aliphatic heterocycles. The molecule has 0 aliphatic carbocycles. The largest absolute Gasteiger partial charge is 0.369 e. The summed E-state index contributed by atoms with van der Waals surface area (Å²) in [4.78, 5) is 16.7. The minimum Gasteiger partial charge on any atom is -0.369 e. The molecule has 26 heavy (non-hydrogen) atoms. The second-order valence-electron chi connectivity index (χ2n) is 6.30. The first-order valence-corrected chi connectivity index (χ1v) is 9.05. The van der Waals surface area contributed by atoms with E-state index in [9.17, 15) is 4.79 Å². The van der Waals surface area contributed by atoms with E-state index < -0.39 is 0 Å². The number of nitriles is 1. The average Bonchev–Trinajstić information content (AvgIpc) is 2.67. The first-order valence-electron chi connectivity index (χ1n) is 8.67. The molecule has 0 radical (unpaired) electrons. The Labute approximate surface area is 158 Å². The van der Waals surface area contributed by atoms with E-state index in [1.165, 1.54) is 0 Å². The van der Waals surface area contributed by atoms with Crippen molar-refractivity contribution in [3.05, 3.63) is 59.1 Å². The fourth-order valence-corrected chi connectivity index (χ4v) is 3.24. The van der Waals surface area contributed by atoms with Crippen LogP contribution in [0.5, 0.6) is 0 Å². The van der Waals surface area contributed by atoms with Crippen LogP contribution < -0.4 is 10.2 Å². The lowest BCUT2D eigenvalue weighted by atomic mass is 10.2. The van der Waals surface area contributed by atoms with Crippen LogP contribution in [0.4, 0.5) is 11.4 Å². The normalized spacial score (nSPS) is 14.7. The van der Waals surface area contributed by atoms with Crippen molar-refractivity contribution in [3.63, 3.8) is 0 Å². The Morgan fingerprint density at radius 2 is 1.88 bits per heavy atom. The molecule has 1 fully saturated rings. The lowest BCUT2D eigenvalue weighted by Crippen LogP contribution is -2.47. The van der Waals surface area contributed by atoms with Crippen LogP contribution in [0.25, 0.3) is 0 Å². The molecule has 1 heterocycles. The van der Waals surface area contributed by atoms with E-state index in [0.29, 0.717) is 17.7 Å². The van der Waals surface area contributed by atoms with Crippen molar-refractivity contribution >= 4 is 28.9 Å². The van der Waals surface area contributed by atoms with Crippen molar-refractivity contribution < 1.29 is 4.79 Å². The third-order valence-electron chi connectivity index (χ3n) is 4.48. The number of carbonyl (C=O) groups is 1. The Balaban J connectivity index is 1.43. The first-order chi connectivity index (χ1) is 12.6. The maximum atomic E-state index is 12.1. The van der Waals surface area contributed by atoms with Gasteiger partial charge >= 0.3 is 0 Å². The fourth-order valence-electron chi connectivity index (χ4n) is 3.05. The highest BCUT2D eigenvalue weighted by Crippen LogP contribution is 2.20. The van der Waals surface area contributed by atoms with Gasteiger partial charge in [-0.25, -0.2) is 0 Å². The van der Waals surface area contributed by atoms with Gasteiger partial charge in [0, 0.05) is 55.5 Å². The van der Waals surface area contributed by atoms with Crippen molar-refractivity contribution in [2.75, 3.05) is 42.9 Å². The van der Waals surface area contributed by atoms with Gasteiger partial charge in [0.25, 0.3) is 0 Å². The van der Waals surface area contributed by atoms with Gasteiger partial charge in [0.15, 0.2) is 0 Å². The molecule has 0 atom stereocenters. The van der Waals surface area contributed by atoms with Crippen molar-refractivity contribution in [2.45, 2.75) is 6.42 Å². The van der Waals surface area contributed by atoms with Crippen LogP contribution in [0.3, 0.4) is 0 Å². The summed E-state index contributed by atoms with van der Waals surface area (Å²) in [5.74, 6) is -0.0302. The molecule has 0 unspecified atom stereocenters. The number of nitrogens with one attached hydrogen (secondary N) is 1. The molecule has 3 rings (SSSR count). The molecular weight excluding hydrogens is 348 g/mol. The van der Waals surface area contributed by atoms with Crippen LogP contribution in [0, 0.1) is 11.3 Å². The number of halogens is 1. The zero-order valence-electron chi connectivity index (χ0n) is 14.5. The minimum absolute atomic E-state index is 0.0302. The van der Waals surface area contributed by atoms with Gasteiger partial charge in [0.2, 0.25) is 5.91 Å². The van der Waals surface area contributed by atoms with Gasteiger partial charge < -0.3 is 10.2 Å². The number of nitrogens with zero attached hydrogens (tertiary/aromatic N) is 3. The number of anilines is 2. The number of piperazine rings is 1. The Morgan fingerprint density at radius 3 is 2.62 bits per heavy atom. The van der Waals surface area contributed by atoms with Crippen molar-refractivity contribution in [1.29, 1.82) is 5.26 Å². The quantitative estimate of drug-likeness (QED) is 0.879.